The summed E-state index contributed by atoms with van der Waals surface area (Å²) in [6.45, 7) is 3.06. The number of nitrogens with one attached hydrogen (secondary N) is 2. The molecule has 0 aliphatic carbocycles. The van der Waals surface area contributed by atoms with E-state index in [0.29, 0.717) is 6.04 Å². The quantitative estimate of drug-likeness (QED) is 0.748. The summed E-state index contributed by atoms with van der Waals surface area (Å²) in [5.41, 5.74) is 0.844. The van der Waals surface area contributed by atoms with E-state index >= 15 is 0 Å². The molecule has 11 heteroatoms. The summed E-state index contributed by atoms with van der Waals surface area (Å²) in [5, 5.41) is 14.9. The van der Waals surface area contributed by atoms with Crippen LogP contribution in [0.15, 0.2) is 24.8 Å². The molecule has 0 aromatic carbocycles. The first-order valence-electron chi connectivity index (χ1n) is 7.31. The van der Waals surface area contributed by atoms with Crippen LogP contribution >= 0.6 is 11.3 Å². The van der Waals surface area contributed by atoms with Gasteiger partial charge < -0.3 is 15.7 Å². The smallest absolute Gasteiger partial charge is 0.475 e. The maximum absolute atomic E-state index is 10.6. The van der Waals surface area contributed by atoms with Crippen LogP contribution in [0, 0.1) is 0 Å². The number of carboxylic acids is 1. The van der Waals surface area contributed by atoms with Crippen molar-refractivity contribution >= 4 is 17.3 Å². The number of thiazole rings is 1. The Balaban J connectivity index is 0.000000277. The fourth-order valence-corrected chi connectivity index (χ4v) is 2.82. The van der Waals surface area contributed by atoms with Crippen molar-refractivity contribution in [2.75, 3.05) is 13.1 Å². The van der Waals surface area contributed by atoms with Gasteiger partial charge in [-0.05, 0) is 13.0 Å². The van der Waals surface area contributed by atoms with Gasteiger partial charge in [0.1, 0.15) is 10.7 Å². The van der Waals surface area contributed by atoms with Crippen LogP contribution in [0.1, 0.15) is 11.3 Å². The van der Waals surface area contributed by atoms with Gasteiger partial charge in [0.05, 0.1) is 6.20 Å². The molecule has 1 aliphatic rings. The fraction of sp³-hybridized carbons (Fsp3) is 0.429. The Morgan fingerprint density at radius 1 is 1.36 bits per heavy atom. The zero-order chi connectivity index (χ0) is 18.3. The first-order chi connectivity index (χ1) is 11.9. The molecule has 0 bridgehead atoms. The van der Waals surface area contributed by atoms with Gasteiger partial charge in [0.25, 0.3) is 0 Å². The molecule has 1 saturated heterocycles. The lowest BCUT2D eigenvalue weighted by molar-refractivity contribution is -0.192. The van der Waals surface area contributed by atoms with Gasteiger partial charge in [0, 0.05) is 42.6 Å². The van der Waals surface area contributed by atoms with E-state index in [1.54, 1.807) is 29.9 Å². The number of carboxylic acid groups (broad SMARTS) is 1. The van der Waals surface area contributed by atoms with Crippen molar-refractivity contribution in [3.8, 4) is 10.7 Å². The average molecular weight is 375 g/mol. The lowest BCUT2D eigenvalue weighted by Crippen LogP contribution is -2.30. The Hall–Kier alpha value is -2.11. The van der Waals surface area contributed by atoms with Crippen LogP contribution in [-0.2, 0) is 11.3 Å². The summed E-state index contributed by atoms with van der Waals surface area (Å²) in [5.74, 6) is -2.76. The Bertz CT molecular complexity index is 675. The molecule has 2 aromatic heterocycles. The summed E-state index contributed by atoms with van der Waals surface area (Å²) < 4.78 is 31.7. The first-order valence-corrected chi connectivity index (χ1v) is 8.13. The third-order valence-corrected chi connectivity index (χ3v) is 4.22. The normalized spacial score (nSPS) is 17.0. The van der Waals surface area contributed by atoms with E-state index in [1.165, 1.54) is 11.3 Å². The highest BCUT2D eigenvalue weighted by Crippen LogP contribution is 2.22. The van der Waals surface area contributed by atoms with Crippen LogP contribution in [0.2, 0.25) is 0 Å². The SMILES string of the molecule is O=C(O)C(F)(F)F.c1cnc(-c2ncc(CNC3CCNC3)s2)cn1. The maximum Gasteiger partial charge on any atom is 0.490 e. The van der Waals surface area contributed by atoms with Gasteiger partial charge in [-0.3, -0.25) is 9.97 Å². The van der Waals surface area contributed by atoms with Gasteiger partial charge in [0.15, 0.2) is 0 Å². The minimum absolute atomic E-state index is 0.590. The maximum atomic E-state index is 10.6. The molecular formula is C14H16F3N5O2S. The van der Waals surface area contributed by atoms with Crippen molar-refractivity contribution < 1.29 is 23.1 Å². The first kappa shape index (κ1) is 19.2. The van der Waals surface area contributed by atoms with E-state index in [0.717, 1.165) is 30.3 Å². The highest BCUT2D eigenvalue weighted by molar-refractivity contribution is 7.14. The number of aromatic nitrogens is 3. The molecule has 1 atom stereocenters. The molecule has 7 nitrogen and oxygen atoms in total. The van der Waals surface area contributed by atoms with Gasteiger partial charge in [-0.15, -0.1) is 11.3 Å². The molecule has 25 heavy (non-hydrogen) atoms. The van der Waals surface area contributed by atoms with E-state index in [2.05, 4.69) is 25.6 Å². The zero-order valence-electron chi connectivity index (χ0n) is 13.0. The third-order valence-electron chi connectivity index (χ3n) is 3.20. The largest absolute Gasteiger partial charge is 0.490 e. The molecule has 0 radical (unpaired) electrons. The summed E-state index contributed by atoms with van der Waals surface area (Å²) in [4.78, 5) is 22.8. The number of hydrogen-bond donors (Lipinski definition) is 3. The number of halogens is 3. The number of nitrogens with zero attached hydrogens (tertiary/aromatic N) is 3. The number of hydrogen-bond acceptors (Lipinski definition) is 7. The highest BCUT2D eigenvalue weighted by Gasteiger charge is 2.38. The predicted octanol–water partition coefficient (Wildman–Crippen LogP) is 1.68. The van der Waals surface area contributed by atoms with Crippen molar-refractivity contribution in [3.63, 3.8) is 0 Å². The molecule has 136 valence electrons. The molecule has 0 amide bonds. The second kappa shape index (κ2) is 8.83. The Morgan fingerprint density at radius 3 is 2.68 bits per heavy atom. The van der Waals surface area contributed by atoms with Gasteiger partial charge in [-0.2, -0.15) is 13.2 Å². The van der Waals surface area contributed by atoms with Crippen LogP contribution in [0.3, 0.4) is 0 Å². The van der Waals surface area contributed by atoms with E-state index < -0.39 is 12.1 Å². The van der Waals surface area contributed by atoms with Crippen LogP contribution in [0.4, 0.5) is 13.2 Å². The number of alkyl halides is 3. The van der Waals surface area contributed by atoms with Crippen molar-refractivity contribution in [3.05, 3.63) is 29.7 Å². The molecular weight excluding hydrogens is 359 g/mol. The Kier molecular flexibility index (Phi) is 6.79. The average Bonchev–Trinajstić information content (AvgIpc) is 3.25. The predicted molar refractivity (Wildman–Crippen MR) is 84.9 cm³/mol. The van der Waals surface area contributed by atoms with Crippen molar-refractivity contribution in [1.82, 2.24) is 25.6 Å². The second-order valence-corrected chi connectivity index (χ2v) is 6.21. The van der Waals surface area contributed by atoms with Gasteiger partial charge in [-0.1, -0.05) is 0 Å². The second-order valence-electron chi connectivity index (χ2n) is 5.10. The number of carbonyl (C=O) groups is 1. The van der Waals surface area contributed by atoms with Crippen molar-refractivity contribution in [2.45, 2.75) is 25.2 Å². The molecule has 3 rings (SSSR count). The van der Waals surface area contributed by atoms with E-state index in [9.17, 15) is 13.2 Å². The third kappa shape index (κ3) is 6.36. The number of aliphatic carboxylic acids is 1. The molecule has 1 fully saturated rings. The zero-order valence-corrected chi connectivity index (χ0v) is 13.8. The Morgan fingerprint density at radius 2 is 2.12 bits per heavy atom. The molecule has 0 spiro atoms. The Labute approximate surface area is 145 Å². The minimum atomic E-state index is -5.08. The molecule has 0 saturated carbocycles. The summed E-state index contributed by atoms with van der Waals surface area (Å²) in [6, 6.07) is 0.590. The standard InChI is InChI=1S/C12H15N5S.C2HF3O2/c1-2-13-5-9(1)16-6-10-7-17-12(18-10)11-8-14-3-4-15-11;3-2(4,5)1(6)7/h3-4,7-9,13,16H,1-2,5-6H2;(H,6,7). The topological polar surface area (TPSA) is 100 Å². The summed E-state index contributed by atoms with van der Waals surface area (Å²) >= 11 is 1.67. The van der Waals surface area contributed by atoms with E-state index in [1.807, 2.05) is 6.20 Å². The van der Waals surface area contributed by atoms with Crippen LogP contribution in [-0.4, -0.2) is 51.3 Å². The molecule has 1 unspecified atom stereocenters. The molecule has 3 N–H and O–H groups in total. The van der Waals surface area contributed by atoms with Gasteiger partial charge >= 0.3 is 12.1 Å². The highest BCUT2D eigenvalue weighted by atomic mass is 32.1. The molecule has 2 aromatic rings. The molecule has 3 heterocycles. The molecule has 1 aliphatic heterocycles. The summed E-state index contributed by atoms with van der Waals surface area (Å²) in [6.07, 6.45) is 3.16. The lowest BCUT2D eigenvalue weighted by Gasteiger charge is -2.08. The van der Waals surface area contributed by atoms with Crippen LogP contribution < -0.4 is 10.6 Å². The monoisotopic (exact) mass is 375 g/mol. The van der Waals surface area contributed by atoms with Crippen LogP contribution in [0.5, 0.6) is 0 Å². The lowest BCUT2D eigenvalue weighted by atomic mass is 10.2. The minimum Gasteiger partial charge on any atom is -0.475 e. The van der Waals surface area contributed by atoms with E-state index in [-0.39, 0.29) is 0 Å². The van der Waals surface area contributed by atoms with Gasteiger partial charge in [-0.25, -0.2) is 9.78 Å². The van der Waals surface area contributed by atoms with Crippen LogP contribution in [0.25, 0.3) is 10.7 Å². The van der Waals surface area contributed by atoms with Crippen molar-refractivity contribution in [1.29, 1.82) is 0 Å². The number of rotatable bonds is 4. The van der Waals surface area contributed by atoms with Crippen molar-refractivity contribution in [2.24, 2.45) is 0 Å². The summed E-state index contributed by atoms with van der Waals surface area (Å²) in [7, 11) is 0. The van der Waals surface area contributed by atoms with E-state index in [4.69, 9.17) is 9.90 Å². The fourth-order valence-electron chi connectivity index (χ4n) is 1.99. The van der Waals surface area contributed by atoms with Gasteiger partial charge in [0.2, 0.25) is 0 Å².